The van der Waals surface area contributed by atoms with Gasteiger partial charge in [0.1, 0.15) is 5.60 Å². The minimum atomic E-state index is -1.14. The van der Waals surface area contributed by atoms with E-state index in [9.17, 15) is 19.8 Å². The van der Waals surface area contributed by atoms with Gasteiger partial charge in [-0.25, -0.2) is 4.79 Å². The van der Waals surface area contributed by atoms with E-state index in [0.29, 0.717) is 18.1 Å². The predicted octanol–water partition coefficient (Wildman–Crippen LogP) is 1.81. The Bertz CT molecular complexity index is 523. The molecule has 2 bridgehead atoms. The van der Waals surface area contributed by atoms with Gasteiger partial charge in [-0.05, 0) is 42.9 Å². The zero-order valence-electron chi connectivity index (χ0n) is 13.5. The maximum atomic E-state index is 11.4. The van der Waals surface area contributed by atoms with Crippen LogP contribution in [0.4, 0.5) is 0 Å². The van der Waals surface area contributed by atoms with Crippen molar-refractivity contribution in [3.05, 3.63) is 0 Å². The van der Waals surface area contributed by atoms with Crippen LogP contribution in [-0.2, 0) is 9.59 Å². The molecule has 0 aliphatic heterocycles. The average Bonchev–Trinajstić information content (AvgIpc) is 2.34. The molecule has 6 nitrogen and oxygen atoms in total. The fourth-order valence-electron chi connectivity index (χ4n) is 4.12. The molecule has 3 aliphatic carbocycles. The number of carboxylic acids is 2. The minimum absolute atomic E-state index is 0.0356. The summed E-state index contributed by atoms with van der Waals surface area (Å²) in [6.07, 6.45) is 1.26. The Labute approximate surface area is 130 Å². The highest BCUT2D eigenvalue weighted by Crippen LogP contribution is 2.61. The number of nitrogens with zero attached hydrogens (tertiary/aromatic N) is 1. The summed E-state index contributed by atoms with van der Waals surface area (Å²) in [5.41, 5.74) is -0.569. The van der Waals surface area contributed by atoms with E-state index in [1.54, 1.807) is 13.8 Å². The zero-order chi connectivity index (χ0) is 16.9. The van der Waals surface area contributed by atoms with Crippen molar-refractivity contribution in [2.24, 2.45) is 28.2 Å². The maximum absolute atomic E-state index is 11.4. The predicted molar refractivity (Wildman–Crippen MR) is 80.9 cm³/mol. The summed E-state index contributed by atoms with van der Waals surface area (Å²) in [7, 11) is 0. The van der Waals surface area contributed by atoms with Crippen molar-refractivity contribution in [2.45, 2.75) is 58.6 Å². The van der Waals surface area contributed by atoms with Crippen LogP contribution in [0.1, 0.15) is 47.0 Å². The Kier molecular flexibility index (Phi) is 4.11. The molecule has 3 fully saturated rings. The van der Waals surface area contributed by atoms with Crippen LogP contribution in [0.3, 0.4) is 0 Å². The molecule has 0 heterocycles. The highest BCUT2D eigenvalue weighted by atomic mass is 16.4. The Hall–Kier alpha value is -1.43. The van der Waals surface area contributed by atoms with Crippen LogP contribution in [-0.4, -0.2) is 44.6 Å². The molecule has 0 spiro atoms. The number of fused-ring (bicyclic) bond motifs is 2. The Morgan fingerprint density at radius 3 is 2.32 bits per heavy atom. The largest absolute Gasteiger partial charge is 0.481 e. The Balaban J connectivity index is 2.27. The molecule has 3 N–H and O–H groups in total. The van der Waals surface area contributed by atoms with Crippen LogP contribution in [0.15, 0.2) is 4.99 Å². The lowest BCUT2D eigenvalue weighted by atomic mass is 9.44. The fraction of sp³-hybridized carbons (Fsp3) is 0.812. The number of carboxylic acid groups (broad SMARTS) is 2. The van der Waals surface area contributed by atoms with Gasteiger partial charge in [-0.3, -0.25) is 9.79 Å². The molecule has 6 heteroatoms. The third-order valence-corrected chi connectivity index (χ3v) is 5.76. The molecule has 124 valence electrons. The Morgan fingerprint density at radius 2 is 1.91 bits per heavy atom. The normalized spacial score (nSPS) is 37.2. The summed E-state index contributed by atoms with van der Waals surface area (Å²) in [6, 6.07) is -1.13. The summed E-state index contributed by atoms with van der Waals surface area (Å²) in [5.74, 6) is -2.33. The maximum Gasteiger partial charge on any atom is 0.328 e. The van der Waals surface area contributed by atoms with Gasteiger partial charge in [0.15, 0.2) is 6.04 Å². The standard InChI is InChI=1S/C16H25NO5/c1-8(5-12(18)19)13(14(20)21)17-11-7-9-6-10(15(9,2)3)16(11,4)22/h8-10,13,22H,5-7H2,1-4H3,(H,18,19)(H,20,21)/t8?,9-,10-,13+,16-/m1/s1. The third kappa shape index (κ3) is 2.64. The molecule has 0 aromatic carbocycles. The van der Waals surface area contributed by atoms with E-state index in [0.717, 1.165) is 6.42 Å². The molecule has 0 saturated heterocycles. The second kappa shape index (κ2) is 5.33. The topological polar surface area (TPSA) is 107 Å². The van der Waals surface area contributed by atoms with Crippen molar-refractivity contribution in [2.75, 3.05) is 0 Å². The number of hydrogen-bond acceptors (Lipinski definition) is 4. The summed E-state index contributed by atoms with van der Waals surface area (Å²) in [4.78, 5) is 26.5. The lowest BCUT2D eigenvalue weighted by molar-refractivity contribution is -0.142. The smallest absolute Gasteiger partial charge is 0.328 e. The molecule has 3 saturated carbocycles. The van der Waals surface area contributed by atoms with Crippen LogP contribution < -0.4 is 0 Å². The first-order valence-corrected chi connectivity index (χ1v) is 7.72. The molecule has 0 amide bonds. The van der Waals surface area contributed by atoms with Gasteiger partial charge in [0, 0.05) is 5.71 Å². The van der Waals surface area contributed by atoms with Gasteiger partial charge in [0.25, 0.3) is 0 Å². The monoisotopic (exact) mass is 311 g/mol. The van der Waals surface area contributed by atoms with Crippen molar-refractivity contribution in [1.29, 1.82) is 0 Å². The third-order valence-electron chi connectivity index (χ3n) is 5.76. The van der Waals surface area contributed by atoms with Crippen molar-refractivity contribution in [3.8, 4) is 0 Å². The molecule has 3 rings (SSSR count). The number of aliphatic hydroxyl groups is 1. The second-order valence-corrected chi connectivity index (χ2v) is 7.59. The molecule has 0 radical (unpaired) electrons. The van der Waals surface area contributed by atoms with Gasteiger partial charge >= 0.3 is 11.9 Å². The van der Waals surface area contributed by atoms with E-state index in [-0.39, 0.29) is 17.8 Å². The van der Waals surface area contributed by atoms with Crippen LogP contribution >= 0.6 is 0 Å². The van der Waals surface area contributed by atoms with Gasteiger partial charge in [0.2, 0.25) is 0 Å². The number of rotatable bonds is 5. The number of aliphatic imine (C=N–C) groups is 1. The number of carbonyl (C=O) groups is 2. The molecule has 0 aromatic heterocycles. The molecule has 1 unspecified atom stereocenters. The van der Waals surface area contributed by atoms with Crippen LogP contribution in [0.5, 0.6) is 0 Å². The first-order chi connectivity index (χ1) is 9.97. The quantitative estimate of drug-likeness (QED) is 0.717. The highest BCUT2D eigenvalue weighted by molar-refractivity contribution is 5.96. The summed E-state index contributed by atoms with van der Waals surface area (Å²) in [5, 5.41) is 29.0. The average molecular weight is 311 g/mol. The summed E-state index contributed by atoms with van der Waals surface area (Å²) < 4.78 is 0. The minimum Gasteiger partial charge on any atom is -0.481 e. The van der Waals surface area contributed by atoms with Crippen molar-refractivity contribution < 1.29 is 24.9 Å². The van der Waals surface area contributed by atoms with Crippen molar-refractivity contribution in [3.63, 3.8) is 0 Å². The van der Waals surface area contributed by atoms with E-state index < -0.39 is 29.5 Å². The van der Waals surface area contributed by atoms with Gasteiger partial charge in [-0.2, -0.15) is 0 Å². The van der Waals surface area contributed by atoms with E-state index in [1.165, 1.54) is 0 Å². The van der Waals surface area contributed by atoms with Crippen LogP contribution in [0.2, 0.25) is 0 Å². The van der Waals surface area contributed by atoms with E-state index >= 15 is 0 Å². The summed E-state index contributed by atoms with van der Waals surface area (Å²) >= 11 is 0. The molecule has 5 atom stereocenters. The van der Waals surface area contributed by atoms with Crippen molar-refractivity contribution in [1.82, 2.24) is 0 Å². The van der Waals surface area contributed by atoms with E-state index in [1.807, 2.05) is 0 Å². The van der Waals surface area contributed by atoms with Gasteiger partial charge in [0.05, 0.1) is 6.42 Å². The van der Waals surface area contributed by atoms with Crippen LogP contribution in [0, 0.1) is 23.2 Å². The van der Waals surface area contributed by atoms with Gasteiger partial charge in [-0.15, -0.1) is 0 Å². The van der Waals surface area contributed by atoms with Gasteiger partial charge in [-0.1, -0.05) is 20.8 Å². The first-order valence-electron chi connectivity index (χ1n) is 7.72. The molecular formula is C16H25NO5. The lowest BCUT2D eigenvalue weighted by Crippen LogP contribution is -2.65. The first kappa shape index (κ1) is 16.9. The molecule has 3 aliphatic rings. The van der Waals surface area contributed by atoms with E-state index in [2.05, 4.69) is 18.8 Å². The summed E-state index contributed by atoms with van der Waals surface area (Å²) in [6.45, 7) is 7.52. The molecule has 0 aromatic rings. The lowest BCUT2D eigenvalue weighted by Gasteiger charge is -2.62. The number of aliphatic carboxylic acids is 2. The number of hydrogen-bond donors (Lipinski definition) is 3. The van der Waals surface area contributed by atoms with Crippen molar-refractivity contribution >= 4 is 17.7 Å². The second-order valence-electron chi connectivity index (χ2n) is 7.59. The highest BCUT2D eigenvalue weighted by Gasteiger charge is 2.61. The zero-order valence-corrected chi connectivity index (χ0v) is 13.5. The Morgan fingerprint density at radius 1 is 1.32 bits per heavy atom. The fourth-order valence-corrected chi connectivity index (χ4v) is 4.12. The van der Waals surface area contributed by atoms with Crippen LogP contribution in [0.25, 0.3) is 0 Å². The van der Waals surface area contributed by atoms with Gasteiger partial charge < -0.3 is 15.3 Å². The SMILES string of the molecule is CC(CC(=O)O)[C@H](N=C1C[C@H]2C[C@H](C2(C)C)[C@@]1(C)O)C(=O)O. The molecule has 22 heavy (non-hydrogen) atoms. The molecular weight excluding hydrogens is 286 g/mol. The van der Waals surface area contributed by atoms with E-state index in [4.69, 9.17) is 5.11 Å².